The number of hydrogen-bond acceptors (Lipinski definition) is 5. The summed E-state index contributed by atoms with van der Waals surface area (Å²) in [5.41, 5.74) is 2.26. The lowest BCUT2D eigenvalue weighted by molar-refractivity contribution is -0.121. The lowest BCUT2D eigenvalue weighted by atomic mass is 9.97. The number of halogens is 1. The Morgan fingerprint density at radius 1 is 1.06 bits per heavy atom. The van der Waals surface area contributed by atoms with Crippen LogP contribution in [0.5, 0.6) is 0 Å². The summed E-state index contributed by atoms with van der Waals surface area (Å²) in [6.45, 7) is 3.76. The number of benzene rings is 1. The van der Waals surface area contributed by atoms with Gasteiger partial charge >= 0.3 is 0 Å². The average molecular weight is 456 g/mol. The molecule has 1 saturated heterocycles. The third-order valence-electron chi connectivity index (χ3n) is 6.08. The Hall–Kier alpha value is -2.80. The number of hydrogen-bond donors (Lipinski definition) is 1. The number of rotatable bonds is 7. The van der Waals surface area contributed by atoms with Crippen molar-refractivity contribution in [2.24, 2.45) is 0 Å². The molecule has 0 unspecified atom stereocenters. The van der Waals surface area contributed by atoms with Gasteiger partial charge in [-0.25, -0.2) is 4.68 Å². The van der Waals surface area contributed by atoms with Gasteiger partial charge in [0.25, 0.3) is 5.56 Å². The lowest BCUT2D eigenvalue weighted by Gasteiger charge is -2.36. The Kier molecular flexibility index (Phi) is 7.47. The second kappa shape index (κ2) is 10.7. The van der Waals surface area contributed by atoms with Gasteiger partial charge < -0.3 is 15.1 Å². The van der Waals surface area contributed by atoms with Gasteiger partial charge in [0.1, 0.15) is 12.4 Å². The minimum Gasteiger partial charge on any atom is -0.368 e. The van der Waals surface area contributed by atoms with E-state index in [2.05, 4.69) is 32.4 Å². The highest BCUT2D eigenvalue weighted by Crippen LogP contribution is 2.22. The van der Waals surface area contributed by atoms with Crippen LogP contribution in [0.4, 0.5) is 11.5 Å². The fourth-order valence-corrected chi connectivity index (χ4v) is 4.46. The Bertz CT molecular complexity index is 1030. The maximum atomic E-state index is 12.4. The number of amides is 1. The van der Waals surface area contributed by atoms with Crippen molar-refractivity contribution >= 4 is 29.0 Å². The van der Waals surface area contributed by atoms with Gasteiger partial charge in [0, 0.05) is 49.5 Å². The Balaban J connectivity index is 1.31. The fraction of sp³-hybridized carbons (Fsp3) is 0.458. The summed E-state index contributed by atoms with van der Waals surface area (Å²) in [4.78, 5) is 29.0. The topological polar surface area (TPSA) is 70.5 Å². The number of allylic oxidation sites excluding steroid dienone is 1. The van der Waals surface area contributed by atoms with Crippen molar-refractivity contribution in [3.8, 4) is 0 Å². The van der Waals surface area contributed by atoms with Crippen LogP contribution in [0.25, 0.3) is 0 Å². The van der Waals surface area contributed by atoms with E-state index < -0.39 is 0 Å². The smallest absolute Gasteiger partial charge is 0.267 e. The Morgan fingerprint density at radius 2 is 1.88 bits per heavy atom. The zero-order valence-electron chi connectivity index (χ0n) is 18.3. The second-order valence-corrected chi connectivity index (χ2v) is 8.79. The molecule has 0 saturated carbocycles. The first kappa shape index (κ1) is 22.4. The summed E-state index contributed by atoms with van der Waals surface area (Å²) >= 11 is 6.12. The van der Waals surface area contributed by atoms with Gasteiger partial charge in [-0.15, -0.1) is 0 Å². The van der Waals surface area contributed by atoms with E-state index in [4.69, 9.17) is 11.6 Å². The van der Waals surface area contributed by atoms with Crippen molar-refractivity contribution in [3.05, 3.63) is 63.4 Å². The van der Waals surface area contributed by atoms with Crippen LogP contribution in [0.2, 0.25) is 5.02 Å². The third-order valence-corrected chi connectivity index (χ3v) is 6.31. The van der Waals surface area contributed by atoms with E-state index in [0.29, 0.717) is 6.54 Å². The van der Waals surface area contributed by atoms with Gasteiger partial charge in [-0.05, 0) is 56.4 Å². The third kappa shape index (κ3) is 5.91. The molecule has 1 aromatic carbocycles. The highest BCUT2D eigenvalue weighted by atomic mass is 35.5. The largest absolute Gasteiger partial charge is 0.368 e. The SMILES string of the molecule is O=C(Cn1nc(N2CCN(c3cccc(Cl)c3)CC2)ccc1=O)NCCC1=CCCCC1. The van der Waals surface area contributed by atoms with E-state index in [0.717, 1.165) is 62.0 Å². The zero-order chi connectivity index (χ0) is 22.3. The van der Waals surface area contributed by atoms with E-state index in [9.17, 15) is 9.59 Å². The normalized spacial score (nSPS) is 16.6. The Morgan fingerprint density at radius 3 is 2.62 bits per heavy atom. The highest BCUT2D eigenvalue weighted by Gasteiger charge is 2.19. The molecule has 32 heavy (non-hydrogen) atoms. The van der Waals surface area contributed by atoms with Gasteiger partial charge in [0.15, 0.2) is 0 Å². The van der Waals surface area contributed by atoms with Crippen molar-refractivity contribution in [2.75, 3.05) is 42.5 Å². The predicted molar refractivity (Wildman–Crippen MR) is 129 cm³/mol. The summed E-state index contributed by atoms with van der Waals surface area (Å²) in [6.07, 6.45) is 7.93. The van der Waals surface area contributed by atoms with E-state index in [1.54, 1.807) is 6.07 Å². The standard InChI is InChI=1S/C24H30ClN5O2/c25-20-7-4-8-21(17-20)28-13-15-29(16-14-28)22-9-10-24(32)30(27-22)18-23(31)26-12-11-19-5-2-1-3-6-19/h4-5,7-10,17H,1-3,6,11-16,18H2,(H,26,31). The van der Waals surface area contributed by atoms with Crippen molar-refractivity contribution in [3.63, 3.8) is 0 Å². The molecule has 0 bridgehead atoms. The second-order valence-electron chi connectivity index (χ2n) is 8.35. The minimum absolute atomic E-state index is 0.0613. The van der Waals surface area contributed by atoms with E-state index in [1.165, 1.54) is 29.2 Å². The molecule has 2 aliphatic rings. The molecule has 1 aromatic heterocycles. The van der Waals surface area contributed by atoms with Crippen LogP contribution in [-0.2, 0) is 11.3 Å². The van der Waals surface area contributed by atoms with Crippen molar-refractivity contribution < 1.29 is 4.79 Å². The van der Waals surface area contributed by atoms with Crippen molar-refractivity contribution in [1.82, 2.24) is 15.1 Å². The molecular weight excluding hydrogens is 426 g/mol. The molecule has 1 fully saturated rings. The molecule has 2 heterocycles. The first-order valence-electron chi connectivity index (χ1n) is 11.4. The molecule has 7 nitrogen and oxygen atoms in total. The molecule has 1 N–H and O–H groups in total. The van der Waals surface area contributed by atoms with Crippen molar-refractivity contribution in [2.45, 2.75) is 38.6 Å². The predicted octanol–water partition coefficient (Wildman–Crippen LogP) is 3.23. The van der Waals surface area contributed by atoms with Gasteiger partial charge in [0.2, 0.25) is 5.91 Å². The van der Waals surface area contributed by atoms with Crippen LogP contribution >= 0.6 is 11.6 Å². The van der Waals surface area contributed by atoms with Crippen LogP contribution in [0.1, 0.15) is 32.1 Å². The molecular formula is C24H30ClN5O2. The van der Waals surface area contributed by atoms with Crippen LogP contribution in [0.15, 0.2) is 52.8 Å². The molecule has 1 amide bonds. The van der Waals surface area contributed by atoms with E-state index >= 15 is 0 Å². The molecule has 0 atom stereocenters. The number of nitrogens with zero attached hydrogens (tertiary/aromatic N) is 4. The van der Waals surface area contributed by atoms with Crippen LogP contribution in [-0.4, -0.2) is 48.4 Å². The number of piperazine rings is 1. The molecule has 4 rings (SSSR count). The number of nitrogens with one attached hydrogen (secondary N) is 1. The molecule has 1 aliphatic heterocycles. The molecule has 170 valence electrons. The fourth-order valence-electron chi connectivity index (χ4n) is 4.27. The number of carbonyl (C=O) groups is 1. The quantitative estimate of drug-likeness (QED) is 0.649. The molecule has 1 aliphatic carbocycles. The number of aromatic nitrogens is 2. The van der Waals surface area contributed by atoms with Crippen LogP contribution in [0, 0.1) is 0 Å². The maximum absolute atomic E-state index is 12.4. The summed E-state index contributed by atoms with van der Waals surface area (Å²) < 4.78 is 1.26. The van der Waals surface area contributed by atoms with Crippen LogP contribution < -0.4 is 20.7 Å². The first-order valence-corrected chi connectivity index (χ1v) is 11.7. The summed E-state index contributed by atoms with van der Waals surface area (Å²) in [5.74, 6) is 0.537. The highest BCUT2D eigenvalue weighted by molar-refractivity contribution is 6.30. The maximum Gasteiger partial charge on any atom is 0.267 e. The monoisotopic (exact) mass is 455 g/mol. The van der Waals surface area contributed by atoms with Crippen LogP contribution in [0.3, 0.4) is 0 Å². The van der Waals surface area contributed by atoms with Gasteiger partial charge in [-0.1, -0.05) is 29.3 Å². The zero-order valence-corrected chi connectivity index (χ0v) is 19.1. The number of anilines is 2. The Labute approximate surface area is 193 Å². The molecule has 0 spiro atoms. The lowest BCUT2D eigenvalue weighted by Crippen LogP contribution is -2.47. The average Bonchev–Trinajstić information content (AvgIpc) is 2.81. The molecule has 2 aromatic rings. The molecule has 0 radical (unpaired) electrons. The first-order chi connectivity index (χ1) is 15.6. The van der Waals surface area contributed by atoms with E-state index in [1.807, 2.05) is 18.2 Å². The van der Waals surface area contributed by atoms with Gasteiger partial charge in [-0.2, -0.15) is 5.10 Å². The van der Waals surface area contributed by atoms with E-state index in [-0.39, 0.29) is 18.0 Å². The number of carbonyl (C=O) groups excluding carboxylic acids is 1. The summed E-state index contributed by atoms with van der Waals surface area (Å²) in [6, 6.07) is 11.1. The summed E-state index contributed by atoms with van der Waals surface area (Å²) in [5, 5.41) is 8.12. The minimum atomic E-state index is -0.267. The summed E-state index contributed by atoms with van der Waals surface area (Å²) in [7, 11) is 0. The van der Waals surface area contributed by atoms with Gasteiger partial charge in [0.05, 0.1) is 0 Å². The molecule has 8 heteroatoms. The van der Waals surface area contributed by atoms with Crippen molar-refractivity contribution in [1.29, 1.82) is 0 Å². The van der Waals surface area contributed by atoms with Gasteiger partial charge in [-0.3, -0.25) is 9.59 Å².